The van der Waals surface area contributed by atoms with Gasteiger partial charge >= 0.3 is 6.18 Å². The van der Waals surface area contributed by atoms with E-state index in [2.05, 4.69) is 4.57 Å². The van der Waals surface area contributed by atoms with E-state index in [0.29, 0.717) is 34.0 Å². The number of hydrogen-bond acceptors (Lipinski definition) is 3. The first-order valence-electron chi connectivity index (χ1n) is 10.4. The number of fused-ring (bicyclic) bond motifs is 1. The van der Waals surface area contributed by atoms with Crippen molar-refractivity contribution >= 4 is 16.9 Å². The molecule has 32 heavy (non-hydrogen) atoms. The van der Waals surface area contributed by atoms with Crippen molar-refractivity contribution in [3.8, 4) is 22.9 Å². The van der Waals surface area contributed by atoms with E-state index >= 15 is 0 Å². The zero-order valence-electron chi connectivity index (χ0n) is 17.0. The Labute approximate surface area is 181 Å². The normalized spacial score (nSPS) is 15.0. The molecule has 2 aromatic carbocycles. The third-order valence-electron chi connectivity index (χ3n) is 5.96. The maximum absolute atomic E-state index is 13.1. The van der Waals surface area contributed by atoms with Crippen LogP contribution in [0.2, 0.25) is 0 Å². The number of hydrogen-bond donors (Lipinski definition) is 1. The molecule has 0 atom stereocenters. The van der Waals surface area contributed by atoms with Crippen molar-refractivity contribution in [2.24, 2.45) is 5.73 Å². The summed E-state index contributed by atoms with van der Waals surface area (Å²) in [7, 11) is 0. The van der Waals surface area contributed by atoms with E-state index in [-0.39, 0.29) is 6.04 Å². The molecule has 0 unspecified atom stereocenters. The molecule has 5 nitrogen and oxygen atoms in total. The number of nitrogens with two attached hydrogens (primary N) is 1. The molecular weight excluding hydrogens is 419 g/mol. The zero-order chi connectivity index (χ0) is 22.5. The maximum atomic E-state index is 13.1. The van der Waals surface area contributed by atoms with Gasteiger partial charge in [0.2, 0.25) is 5.91 Å². The highest BCUT2D eigenvalue weighted by molar-refractivity contribution is 5.96. The molecule has 2 heterocycles. The number of benzene rings is 2. The SMILES string of the molecule is NC(=O)c1ccc2c(c1)nc(-c1ccc(-c3cccc(C(F)(F)F)c3)o1)n2C1CCCC1. The number of rotatable bonds is 4. The largest absolute Gasteiger partial charge is 0.453 e. The monoisotopic (exact) mass is 439 g/mol. The van der Waals surface area contributed by atoms with Gasteiger partial charge < -0.3 is 14.7 Å². The lowest BCUT2D eigenvalue weighted by Gasteiger charge is -2.15. The van der Waals surface area contributed by atoms with Gasteiger partial charge in [-0.1, -0.05) is 25.0 Å². The van der Waals surface area contributed by atoms with E-state index in [0.717, 1.165) is 43.3 Å². The minimum atomic E-state index is -4.43. The number of primary amides is 1. The first-order valence-corrected chi connectivity index (χ1v) is 10.4. The van der Waals surface area contributed by atoms with Gasteiger partial charge in [-0.3, -0.25) is 4.79 Å². The minimum Gasteiger partial charge on any atom is -0.453 e. The number of carbonyl (C=O) groups is 1. The van der Waals surface area contributed by atoms with Crippen LogP contribution in [0.5, 0.6) is 0 Å². The second-order valence-corrected chi connectivity index (χ2v) is 8.05. The lowest BCUT2D eigenvalue weighted by Crippen LogP contribution is -2.10. The summed E-state index contributed by atoms with van der Waals surface area (Å²) in [4.78, 5) is 16.3. The smallest absolute Gasteiger partial charge is 0.416 e. The van der Waals surface area contributed by atoms with Crippen molar-refractivity contribution in [1.82, 2.24) is 9.55 Å². The summed E-state index contributed by atoms with van der Waals surface area (Å²) >= 11 is 0. The average molecular weight is 439 g/mol. The summed E-state index contributed by atoms with van der Waals surface area (Å²) < 4.78 is 47.4. The second kappa shape index (κ2) is 7.55. The molecule has 1 fully saturated rings. The number of imidazole rings is 1. The van der Waals surface area contributed by atoms with Crippen molar-refractivity contribution in [3.63, 3.8) is 0 Å². The molecule has 0 saturated heterocycles. The lowest BCUT2D eigenvalue weighted by molar-refractivity contribution is -0.137. The number of aromatic nitrogens is 2. The molecule has 2 aromatic heterocycles. The summed E-state index contributed by atoms with van der Waals surface area (Å²) in [5.41, 5.74) is 6.89. The summed E-state index contributed by atoms with van der Waals surface area (Å²) in [6, 6.07) is 13.8. The Balaban J connectivity index is 1.61. The first kappa shape index (κ1) is 20.4. The van der Waals surface area contributed by atoms with E-state index in [1.807, 2.05) is 6.07 Å². The molecule has 1 amide bonds. The Morgan fingerprint density at radius 3 is 2.50 bits per heavy atom. The Kier molecular flexibility index (Phi) is 4.80. The van der Waals surface area contributed by atoms with E-state index in [4.69, 9.17) is 15.1 Å². The van der Waals surface area contributed by atoms with Gasteiger partial charge in [-0.2, -0.15) is 13.2 Å². The Bertz CT molecular complexity index is 1310. The molecule has 0 bridgehead atoms. The Hall–Kier alpha value is -3.55. The maximum Gasteiger partial charge on any atom is 0.416 e. The Morgan fingerprint density at radius 2 is 1.78 bits per heavy atom. The Morgan fingerprint density at radius 1 is 1.03 bits per heavy atom. The third-order valence-corrected chi connectivity index (χ3v) is 5.96. The fraction of sp³-hybridized carbons (Fsp3) is 0.250. The molecule has 164 valence electrons. The van der Waals surface area contributed by atoms with Crippen LogP contribution in [-0.4, -0.2) is 15.5 Å². The van der Waals surface area contributed by atoms with E-state index in [1.54, 1.807) is 30.3 Å². The molecule has 2 N–H and O–H groups in total. The molecule has 5 rings (SSSR count). The first-order chi connectivity index (χ1) is 15.3. The topological polar surface area (TPSA) is 74.1 Å². The number of nitrogens with zero attached hydrogens (tertiary/aromatic N) is 2. The van der Waals surface area contributed by atoms with Gasteiger partial charge in [0, 0.05) is 17.2 Å². The van der Waals surface area contributed by atoms with Crippen LogP contribution in [0.4, 0.5) is 13.2 Å². The van der Waals surface area contributed by atoms with Crippen LogP contribution in [0.15, 0.2) is 59.0 Å². The zero-order valence-corrected chi connectivity index (χ0v) is 17.0. The highest BCUT2D eigenvalue weighted by Crippen LogP contribution is 2.39. The van der Waals surface area contributed by atoms with Crippen LogP contribution >= 0.6 is 0 Å². The van der Waals surface area contributed by atoms with Crippen molar-refractivity contribution in [1.29, 1.82) is 0 Å². The predicted octanol–water partition coefficient (Wildman–Crippen LogP) is 6.20. The molecule has 1 aliphatic rings. The molecule has 0 spiro atoms. The quantitative estimate of drug-likeness (QED) is 0.412. The fourth-order valence-electron chi connectivity index (χ4n) is 4.42. The highest BCUT2D eigenvalue weighted by atomic mass is 19.4. The van der Waals surface area contributed by atoms with Gasteiger partial charge in [-0.05, 0) is 55.3 Å². The van der Waals surface area contributed by atoms with Crippen molar-refractivity contribution in [3.05, 3.63) is 65.7 Å². The number of amides is 1. The standard InChI is InChI=1S/C24H20F3N3O2/c25-24(26,27)16-5-3-4-14(12-16)20-10-11-21(32-20)23-29-18-13-15(22(28)31)8-9-19(18)30(23)17-6-1-2-7-17/h3-5,8-13,17H,1-2,6-7H2,(H2,28,31). The van der Waals surface area contributed by atoms with Gasteiger partial charge in [0.15, 0.2) is 11.6 Å². The van der Waals surface area contributed by atoms with Gasteiger partial charge in [-0.15, -0.1) is 0 Å². The molecule has 8 heteroatoms. The molecule has 4 aromatic rings. The number of furan rings is 1. The fourth-order valence-corrected chi connectivity index (χ4v) is 4.42. The van der Waals surface area contributed by atoms with Gasteiger partial charge in [0.25, 0.3) is 0 Å². The van der Waals surface area contributed by atoms with E-state index < -0.39 is 17.6 Å². The second-order valence-electron chi connectivity index (χ2n) is 8.05. The molecule has 0 radical (unpaired) electrons. The predicted molar refractivity (Wildman–Crippen MR) is 114 cm³/mol. The molecule has 1 saturated carbocycles. The van der Waals surface area contributed by atoms with Crippen LogP contribution in [-0.2, 0) is 6.18 Å². The molecular formula is C24H20F3N3O2. The van der Waals surface area contributed by atoms with E-state index in [1.165, 1.54) is 6.07 Å². The summed E-state index contributed by atoms with van der Waals surface area (Å²) in [6.45, 7) is 0. The third kappa shape index (κ3) is 3.55. The van der Waals surface area contributed by atoms with Crippen LogP contribution in [0.1, 0.15) is 47.6 Å². The summed E-state index contributed by atoms with van der Waals surface area (Å²) in [6.07, 6.45) is -0.220. The van der Waals surface area contributed by atoms with Gasteiger partial charge in [-0.25, -0.2) is 4.98 Å². The van der Waals surface area contributed by atoms with Crippen molar-refractivity contribution in [2.45, 2.75) is 37.9 Å². The van der Waals surface area contributed by atoms with Crippen LogP contribution in [0.25, 0.3) is 33.9 Å². The van der Waals surface area contributed by atoms with Crippen LogP contribution in [0, 0.1) is 0 Å². The van der Waals surface area contributed by atoms with E-state index in [9.17, 15) is 18.0 Å². The van der Waals surface area contributed by atoms with Gasteiger partial charge in [0.1, 0.15) is 5.76 Å². The molecule has 1 aliphatic carbocycles. The van der Waals surface area contributed by atoms with Crippen molar-refractivity contribution < 1.29 is 22.4 Å². The van der Waals surface area contributed by atoms with Crippen LogP contribution in [0.3, 0.4) is 0 Å². The summed E-state index contributed by atoms with van der Waals surface area (Å²) in [5, 5.41) is 0. The molecule has 0 aliphatic heterocycles. The average Bonchev–Trinajstić information content (AvgIpc) is 3.50. The number of alkyl halides is 3. The lowest BCUT2D eigenvalue weighted by atomic mass is 10.1. The summed E-state index contributed by atoms with van der Waals surface area (Å²) in [5.74, 6) is 0.843. The van der Waals surface area contributed by atoms with Crippen LogP contribution < -0.4 is 5.73 Å². The number of halogens is 3. The van der Waals surface area contributed by atoms with Gasteiger partial charge in [0.05, 0.1) is 16.6 Å². The minimum absolute atomic E-state index is 0.233. The van der Waals surface area contributed by atoms with Crippen molar-refractivity contribution in [2.75, 3.05) is 0 Å². The highest BCUT2D eigenvalue weighted by Gasteiger charge is 2.31. The number of carbonyl (C=O) groups excluding carboxylic acids is 1.